The lowest BCUT2D eigenvalue weighted by molar-refractivity contribution is -0.384. The van der Waals surface area contributed by atoms with Crippen LogP contribution in [0.1, 0.15) is 5.01 Å². The van der Waals surface area contributed by atoms with Crippen LogP contribution >= 0.6 is 11.3 Å². The Labute approximate surface area is 90.4 Å². The van der Waals surface area contributed by atoms with Crippen LogP contribution in [0.3, 0.4) is 0 Å². The minimum atomic E-state index is -0.419. The fourth-order valence-electron chi connectivity index (χ4n) is 1.20. The quantitative estimate of drug-likeness (QED) is 0.576. The lowest BCUT2D eigenvalue weighted by Gasteiger charge is -1.95. The second-order valence-electron chi connectivity index (χ2n) is 2.93. The second kappa shape index (κ2) is 3.78. The van der Waals surface area contributed by atoms with Gasteiger partial charge < -0.3 is 0 Å². The zero-order valence-electron chi connectivity index (χ0n) is 7.71. The van der Waals surface area contributed by atoms with E-state index in [1.165, 1.54) is 23.5 Å². The van der Waals surface area contributed by atoms with E-state index in [1.54, 1.807) is 12.1 Å². The fourth-order valence-corrected chi connectivity index (χ4v) is 1.78. The van der Waals surface area contributed by atoms with Gasteiger partial charge in [-0.15, -0.1) is 11.3 Å². The Hall–Kier alpha value is -1.75. The van der Waals surface area contributed by atoms with Crippen LogP contribution in [0.2, 0.25) is 0 Å². The van der Waals surface area contributed by atoms with Crippen molar-refractivity contribution in [1.29, 1.82) is 0 Å². The molecule has 0 aliphatic heterocycles. The maximum Gasteiger partial charge on any atom is 0.269 e. The highest BCUT2D eigenvalue weighted by atomic mass is 32.1. The summed E-state index contributed by atoms with van der Waals surface area (Å²) in [6, 6.07) is 6.31. The number of nitro groups is 1. The summed E-state index contributed by atoms with van der Waals surface area (Å²) < 4.78 is 0. The van der Waals surface area contributed by atoms with Crippen molar-refractivity contribution in [3.63, 3.8) is 0 Å². The Kier molecular flexibility index (Phi) is 2.47. The highest BCUT2D eigenvalue weighted by Gasteiger charge is 2.06. The van der Waals surface area contributed by atoms with Gasteiger partial charge >= 0.3 is 0 Å². The zero-order valence-corrected chi connectivity index (χ0v) is 8.53. The molecule has 0 aliphatic rings. The first-order valence-corrected chi connectivity index (χ1v) is 5.07. The van der Waals surface area contributed by atoms with E-state index in [9.17, 15) is 10.1 Å². The second-order valence-corrected chi connectivity index (χ2v) is 3.87. The predicted molar refractivity (Wildman–Crippen MR) is 58.7 cm³/mol. The molecule has 2 aromatic rings. The molecule has 0 atom stereocenters. The molecular weight excluding hydrogens is 212 g/mol. The van der Waals surface area contributed by atoms with E-state index in [1.807, 2.05) is 5.38 Å². The molecule has 1 aromatic carbocycles. The molecule has 0 unspecified atom stereocenters. The SMILES string of the molecule is [CH2]c1nc(-c2ccc([N+](=O)[O-])cc2)cs1. The molecule has 75 valence electrons. The molecule has 1 aromatic heterocycles. The average molecular weight is 219 g/mol. The molecule has 2 rings (SSSR count). The van der Waals surface area contributed by atoms with E-state index in [0.717, 1.165) is 16.3 Å². The number of benzene rings is 1. The molecule has 0 bridgehead atoms. The highest BCUT2D eigenvalue weighted by molar-refractivity contribution is 7.10. The zero-order chi connectivity index (χ0) is 10.8. The molecule has 1 radical (unpaired) electrons. The molecule has 5 heteroatoms. The highest BCUT2D eigenvalue weighted by Crippen LogP contribution is 2.23. The molecule has 0 amide bonds. The Bertz CT molecular complexity index is 490. The van der Waals surface area contributed by atoms with Gasteiger partial charge in [0.1, 0.15) is 0 Å². The van der Waals surface area contributed by atoms with E-state index < -0.39 is 4.92 Å². The largest absolute Gasteiger partial charge is 0.269 e. The smallest absolute Gasteiger partial charge is 0.258 e. The van der Waals surface area contributed by atoms with Gasteiger partial charge in [-0.25, -0.2) is 4.98 Å². The van der Waals surface area contributed by atoms with Crippen molar-refractivity contribution in [2.75, 3.05) is 0 Å². The summed E-state index contributed by atoms with van der Waals surface area (Å²) >= 11 is 1.45. The third-order valence-corrected chi connectivity index (χ3v) is 2.63. The number of hydrogen-bond donors (Lipinski definition) is 0. The van der Waals surface area contributed by atoms with Gasteiger partial charge in [0.25, 0.3) is 5.69 Å². The molecule has 0 N–H and O–H groups in total. The van der Waals surface area contributed by atoms with Gasteiger partial charge in [-0.1, -0.05) is 0 Å². The van der Waals surface area contributed by atoms with Crippen LogP contribution in [-0.2, 0) is 0 Å². The molecule has 0 spiro atoms. The van der Waals surface area contributed by atoms with Crippen LogP contribution in [0.25, 0.3) is 11.3 Å². The molecule has 0 aliphatic carbocycles. The lowest BCUT2D eigenvalue weighted by Crippen LogP contribution is -1.87. The molecule has 0 saturated carbocycles. The summed E-state index contributed by atoms with van der Waals surface area (Å²) in [6.07, 6.45) is 0. The molecular formula is C10H7N2O2S. The molecule has 1 heterocycles. The monoisotopic (exact) mass is 219 g/mol. The maximum absolute atomic E-state index is 10.4. The summed E-state index contributed by atoms with van der Waals surface area (Å²) in [7, 11) is 0. The summed E-state index contributed by atoms with van der Waals surface area (Å²) in [5.74, 6) is 0. The number of hydrogen-bond acceptors (Lipinski definition) is 4. The molecule has 15 heavy (non-hydrogen) atoms. The van der Waals surface area contributed by atoms with E-state index in [4.69, 9.17) is 0 Å². The van der Waals surface area contributed by atoms with Gasteiger partial charge in [-0.2, -0.15) is 0 Å². The first-order chi connectivity index (χ1) is 7.16. The predicted octanol–water partition coefficient (Wildman–Crippen LogP) is 2.90. The van der Waals surface area contributed by atoms with Gasteiger partial charge in [0, 0.05) is 30.0 Å². The van der Waals surface area contributed by atoms with Crippen molar-refractivity contribution < 1.29 is 4.92 Å². The van der Waals surface area contributed by atoms with Gasteiger partial charge in [0.15, 0.2) is 0 Å². The van der Waals surface area contributed by atoms with E-state index in [0.29, 0.717) is 0 Å². The Balaban J connectivity index is 2.35. The van der Waals surface area contributed by atoms with Crippen LogP contribution in [-0.4, -0.2) is 9.91 Å². The molecule has 4 nitrogen and oxygen atoms in total. The van der Waals surface area contributed by atoms with Gasteiger partial charge in [-0.05, 0) is 12.1 Å². The topological polar surface area (TPSA) is 56.0 Å². The third kappa shape index (κ3) is 2.02. The van der Waals surface area contributed by atoms with E-state index in [-0.39, 0.29) is 5.69 Å². The van der Waals surface area contributed by atoms with Crippen LogP contribution in [0.5, 0.6) is 0 Å². The minimum absolute atomic E-state index is 0.0869. The number of nitrogens with zero attached hydrogens (tertiary/aromatic N) is 2. The Morgan fingerprint density at radius 1 is 1.33 bits per heavy atom. The standard InChI is InChI=1S/C10H7N2O2S/c1-7-11-10(6-15-7)8-2-4-9(5-3-8)12(13)14/h2-6H,1H2. The van der Waals surface area contributed by atoms with Gasteiger partial charge in [0.05, 0.1) is 15.6 Å². The van der Waals surface area contributed by atoms with Crippen LogP contribution in [0, 0.1) is 17.0 Å². The molecule has 0 saturated heterocycles. The van der Waals surface area contributed by atoms with Crippen LogP contribution in [0.4, 0.5) is 5.69 Å². The van der Waals surface area contributed by atoms with E-state index >= 15 is 0 Å². The average Bonchev–Trinajstić information content (AvgIpc) is 2.65. The third-order valence-electron chi connectivity index (χ3n) is 1.93. The van der Waals surface area contributed by atoms with Crippen molar-refractivity contribution >= 4 is 17.0 Å². The van der Waals surface area contributed by atoms with Crippen molar-refractivity contribution in [2.45, 2.75) is 0 Å². The summed E-state index contributed by atoms with van der Waals surface area (Å²) in [5.41, 5.74) is 1.76. The normalized spacial score (nSPS) is 10.2. The lowest BCUT2D eigenvalue weighted by atomic mass is 10.1. The number of nitro benzene ring substituents is 1. The fraction of sp³-hybridized carbons (Fsp3) is 0. The Morgan fingerprint density at radius 3 is 2.47 bits per heavy atom. The Morgan fingerprint density at radius 2 is 2.00 bits per heavy atom. The van der Waals surface area contributed by atoms with E-state index in [2.05, 4.69) is 11.9 Å². The summed E-state index contributed by atoms with van der Waals surface area (Å²) in [4.78, 5) is 14.2. The van der Waals surface area contributed by atoms with Crippen molar-refractivity contribution in [2.24, 2.45) is 0 Å². The van der Waals surface area contributed by atoms with Crippen molar-refractivity contribution in [3.8, 4) is 11.3 Å². The number of rotatable bonds is 2. The van der Waals surface area contributed by atoms with Crippen molar-refractivity contribution in [3.05, 3.63) is 51.7 Å². The van der Waals surface area contributed by atoms with Gasteiger partial charge in [0.2, 0.25) is 0 Å². The van der Waals surface area contributed by atoms with Crippen molar-refractivity contribution in [1.82, 2.24) is 4.98 Å². The number of thiazole rings is 1. The maximum atomic E-state index is 10.4. The van der Waals surface area contributed by atoms with Crippen LogP contribution in [0.15, 0.2) is 29.6 Å². The summed E-state index contributed by atoms with van der Waals surface area (Å²) in [6.45, 7) is 3.71. The van der Waals surface area contributed by atoms with Gasteiger partial charge in [-0.3, -0.25) is 10.1 Å². The first kappa shape index (κ1) is 9.79. The number of aromatic nitrogens is 1. The molecule has 0 fully saturated rings. The first-order valence-electron chi connectivity index (χ1n) is 4.19. The number of non-ortho nitro benzene ring substituents is 1. The minimum Gasteiger partial charge on any atom is -0.258 e. The summed E-state index contributed by atoms with van der Waals surface area (Å²) in [5, 5.41) is 13.1. The van der Waals surface area contributed by atoms with Crippen LogP contribution < -0.4 is 0 Å².